The van der Waals surface area contributed by atoms with Crippen molar-refractivity contribution in [3.63, 3.8) is 0 Å². The van der Waals surface area contributed by atoms with Gasteiger partial charge < -0.3 is 0 Å². The molecule has 0 spiro atoms. The van der Waals surface area contributed by atoms with Gasteiger partial charge in [-0.05, 0) is 29.5 Å². The number of likely N-dealkylation sites (tertiary alicyclic amines) is 1. The second-order valence-electron chi connectivity index (χ2n) is 5.50. The Balaban J connectivity index is 1.62. The molecule has 1 radical (unpaired) electrons. The largest absolute Gasteiger partial charge is 0.416 e. The highest BCUT2D eigenvalue weighted by Crippen LogP contribution is 2.30. The average molecular weight is 269 g/mol. The zero-order chi connectivity index (χ0) is 13.5. The van der Waals surface area contributed by atoms with E-state index in [0.717, 1.165) is 38.3 Å². The first-order valence-electron chi connectivity index (χ1n) is 6.54. The van der Waals surface area contributed by atoms with Crippen LogP contribution in [0.1, 0.15) is 11.1 Å². The van der Waals surface area contributed by atoms with E-state index in [1.165, 1.54) is 12.1 Å². The maximum absolute atomic E-state index is 12.5. The van der Waals surface area contributed by atoms with Crippen LogP contribution >= 0.6 is 0 Å². The number of benzene rings is 1. The van der Waals surface area contributed by atoms with Crippen molar-refractivity contribution in [1.82, 2.24) is 10.2 Å². The molecule has 5 heteroatoms. The quantitative estimate of drug-likeness (QED) is 0.805. The van der Waals surface area contributed by atoms with Gasteiger partial charge >= 0.3 is 6.18 Å². The van der Waals surface area contributed by atoms with Crippen LogP contribution in [0.15, 0.2) is 24.3 Å². The summed E-state index contributed by atoms with van der Waals surface area (Å²) in [7, 11) is 0. The summed E-state index contributed by atoms with van der Waals surface area (Å²) in [4.78, 5) is 2.33. The number of rotatable bonds is 2. The van der Waals surface area contributed by atoms with Crippen LogP contribution in [-0.4, -0.2) is 31.1 Å². The molecule has 2 saturated heterocycles. The SMILES string of the molecule is FC(F)(F)c1ccc(CN2CC3C[N]CC3C2)cc1. The summed E-state index contributed by atoms with van der Waals surface area (Å²) in [6.07, 6.45) is -4.25. The maximum Gasteiger partial charge on any atom is 0.416 e. The topological polar surface area (TPSA) is 17.3 Å². The Kier molecular flexibility index (Phi) is 3.27. The van der Waals surface area contributed by atoms with Gasteiger partial charge in [0.15, 0.2) is 0 Å². The molecule has 19 heavy (non-hydrogen) atoms. The second kappa shape index (κ2) is 4.80. The molecule has 3 rings (SSSR count). The predicted molar refractivity (Wildman–Crippen MR) is 65.6 cm³/mol. The van der Waals surface area contributed by atoms with Crippen molar-refractivity contribution in [2.75, 3.05) is 26.2 Å². The number of alkyl halides is 3. The third kappa shape index (κ3) is 2.77. The van der Waals surface area contributed by atoms with E-state index < -0.39 is 11.7 Å². The smallest absolute Gasteiger partial charge is 0.298 e. The summed E-state index contributed by atoms with van der Waals surface area (Å²) in [5, 5.41) is 4.40. The minimum atomic E-state index is -4.25. The van der Waals surface area contributed by atoms with Gasteiger partial charge in [-0.1, -0.05) is 12.1 Å². The predicted octanol–water partition coefficient (Wildman–Crippen LogP) is 2.37. The van der Waals surface area contributed by atoms with E-state index in [4.69, 9.17) is 0 Å². The summed E-state index contributed by atoms with van der Waals surface area (Å²) < 4.78 is 37.4. The van der Waals surface area contributed by atoms with E-state index in [1.807, 2.05) is 0 Å². The van der Waals surface area contributed by atoms with Gasteiger partial charge in [0.2, 0.25) is 0 Å². The molecule has 2 unspecified atom stereocenters. The van der Waals surface area contributed by atoms with E-state index >= 15 is 0 Å². The summed E-state index contributed by atoms with van der Waals surface area (Å²) in [5.74, 6) is 1.32. The van der Waals surface area contributed by atoms with E-state index in [9.17, 15) is 13.2 Å². The lowest BCUT2D eigenvalue weighted by Crippen LogP contribution is -2.23. The highest BCUT2D eigenvalue weighted by molar-refractivity contribution is 5.24. The normalized spacial score (nSPS) is 27.7. The van der Waals surface area contributed by atoms with Crippen molar-refractivity contribution in [3.05, 3.63) is 35.4 Å². The van der Waals surface area contributed by atoms with Gasteiger partial charge in [-0.3, -0.25) is 4.90 Å². The highest BCUT2D eigenvalue weighted by Gasteiger charge is 2.36. The van der Waals surface area contributed by atoms with Crippen molar-refractivity contribution >= 4 is 0 Å². The summed E-state index contributed by atoms with van der Waals surface area (Å²) in [6.45, 7) is 4.69. The van der Waals surface area contributed by atoms with Crippen molar-refractivity contribution in [2.45, 2.75) is 12.7 Å². The van der Waals surface area contributed by atoms with Gasteiger partial charge in [0, 0.05) is 32.7 Å². The molecule has 0 saturated carbocycles. The van der Waals surface area contributed by atoms with E-state index in [0.29, 0.717) is 11.8 Å². The first-order valence-corrected chi connectivity index (χ1v) is 6.54. The van der Waals surface area contributed by atoms with Crippen LogP contribution in [0.2, 0.25) is 0 Å². The third-order valence-electron chi connectivity index (χ3n) is 4.07. The average Bonchev–Trinajstić information content (AvgIpc) is 2.89. The molecular formula is C14H16F3N2. The molecule has 1 aromatic rings. The van der Waals surface area contributed by atoms with Gasteiger partial charge in [-0.2, -0.15) is 13.2 Å². The number of fused-ring (bicyclic) bond motifs is 1. The van der Waals surface area contributed by atoms with Crippen LogP contribution in [0, 0.1) is 11.8 Å². The van der Waals surface area contributed by atoms with Crippen LogP contribution < -0.4 is 5.32 Å². The molecule has 2 heterocycles. The molecule has 0 bridgehead atoms. The fraction of sp³-hybridized carbons (Fsp3) is 0.571. The Morgan fingerprint density at radius 1 is 1.05 bits per heavy atom. The van der Waals surface area contributed by atoms with Crippen LogP contribution in [-0.2, 0) is 12.7 Å². The molecule has 2 fully saturated rings. The van der Waals surface area contributed by atoms with E-state index in [1.54, 1.807) is 12.1 Å². The van der Waals surface area contributed by atoms with Gasteiger partial charge in [-0.25, -0.2) is 5.32 Å². The molecule has 0 amide bonds. The Hall–Kier alpha value is -1.07. The second-order valence-corrected chi connectivity index (χ2v) is 5.50. The fourth-order valence-electron chi connectivity index (χ4n) is 3.04. The lowest BCUT2D eigenvalue weighted by atomic mass is 10.0. The van der Waals surface area contributed by atoms with E-state index in [-0.39, 0.29) is 0 Å². The monoisotopic (exact) mass is 269 g/mol. The summed E-state index contributed by atoms with van der Waals surface area (Å²) in [6, 6.07) is 5.51. The van der Waals surface area contributed by atoms with Gasteiger partial charge in [0.1, 0.15) is 0 Å². The van der Waals surface area contributed by atoms with Crippen molar-refractivity contribution in [2.24, 2.45) is 11.8 Å². The standard InChI is InChI=1S/C14H16F3N2/c15-14(16,17)13-3-1-10(2-4-13)7-19-8-11-5-18-6-12(11)9-19/h1-4,11-12H,5-9H2. The van der Waals surface area contributed by atoms with Crippen LogP contribution in [0.5, 0.6) is 0 Å². The molecule has 0 aromatic heterocycles. The molecule has 2 aliphatic heterocycles. The minimum Gasteiger partial charge on any atom is -0.298 e. The molecular weight excluding hydrogens is 253 g/mol. The summed E-state index contributed by atoms with van der Waals surface area (Å²) >= 11 is 0. The van der Waals surface area contributed by atoms with Crippen LogP contribution in [0.4, 0.5) is 13.2 Å². The van der Waals surface area contributed by atoms with Gasteiger partial charge in [0.05, 0.1) is 5.56 Å². The first kappa shape index (κ1) is 12.9. The van der Waals surface area contributed by atoms with Crippen LogP contribution in [0.25, 0.3) is 0 Å². The number of nitrogens with zero attached hydrogens (tertiary/aromatic N) is 2. The Morgan fingerprint density at radius 3 is 2.16 bits per heavy atom. The molecule has 1 aromatic carbocycles. The van der Waals surface area contributed by atoms with Crippen molar-refractivity contribution in [1.29, 1.82) is 0 Å². The maximum atomic E-state index is 12.5. The van der Waals surface area contributed by atoms with Gasteiger partial charge in [-0.15, -0.1) is 0 Å². The third-order valence-corrected chi connectivity index (χ3v) is 4.07. The van der Waals surface area contributed by atoms with Crippen molar-refractivity contribution in [3.8, 4) is 0 Å². The van der Waals surface area contributed by atoms with E-state index in [2.05, 4.69) is 10.2 Å². The lowest BCUT2D eigenvalue weighted by Gasteiger charge is -2.17. The first-order chi connectivity index (χ1) is 9.02. The fourth-order valence-corrected chi connectivity index (χ4v) is 3.04. The number of hydrogen-bond donors (Lipinski definition) is 0. The summed E-state index contributed by atoms with van der Waals surface area (Å²) in [5.41, 5.74) is 0.373. The number of halogens is 3. The van der Waals surface area contributed by atoms with Crippen LogP contribution in [0.3, 0.4) is 0 Å². The Labute approximate surface area is 110 Å². The molecule has 0 aliphatic carbocycles. The zero-order valence-electron chi connectivity index (χ0n) is 10.5. The Bertz CT molecular complexity index is 429. The molecule has 2 nitrogen and oxygen atoms in total. The lowest BCUT2D eigenvalue weighted by molar-refractivity contribution is -0.137. The zero-order valence-corrected chi connectivity index (χ0v) is 10.5. The highest BCUT2D eigenvalue weighted by atomic mass is 19.4. The molecule has 0 N–H and O–H groups in total. The molecule has 2 atom stereocenters. The number of hydrogen-bond acceptors (Lipinski definition) is 1. The minimum absolute atomic E-state index is 0.576. The molecule has 103 valence electrons. The van der Waals surface area contributed by atoms with Gasteiger partial charge in [0.25, 0.3) is 0 Å². The molecule has 2 aliphatic rings. The van der Waals surface area contributed by atoms with Crippen molar-refractivity contribution < 1.29 is 13.2 Å². The Morgan fingerprint density at radius 2 is 1.63 bits per heavy atom.